The molecule has 2 unspecified atom stereocenters. The van der Waals surface area contributed by atoms with Gasteiger partial charge in [0.25, 0.3) is 0 Å². The van der Waals surface area contributed by atoms with Crippen molar-refractivity contribution in [2.45, 2.75) is 26.4 Å². The Labute approximate surface area is 101 Å². The normalized spacial score (nSPS) is 14.1. The van der Waals surface area contributed by atoms with Gasteiger partial charge in [-0.3, -0.25) is 0 Å². The third-order valence-electron chi connectivity index (χ3n) is 2.95. The van der Waals surface area contributed by atoms with Gasteiger partial charge in [-0.1, -0.05) is 20.3 Å². The summed E-state index contributed by atoms with van der Waals surface area (Å²) in [6.07, 6.45) is -0.00659. The van der Waals surface area contributed by atoms with Crippen LogP contribution in [-0.2, 0) is 4.74 Å². The van der Waals surface area contributed by atoms with Gasteiger partial charge in [0.15, 0.2) is 0 Å². The quantitative estimate of drug-likeness (QED) is 0.789. The molecule has 1 rings (SSSR count). The zero-order valence-electron chi connectivity index (χ0n) is 10.3. The van der Waals surface area contributed by atoms with Crippen LogP contribution < -0.4 is 0 Å². The highest BCUT2D eigenvalue weighted by molar-refractivity contribution is 5.89. The average molecular weight is 238 g/mol. The maximum Gasteiger partial charge on any atom is 0.337 e. The topological polar surface area (TPSA) is 66.8 Å². The summed E-state index contributed by atoms with van der Waals surface area (Å²) in [5, 5.41) is 19.7. The van der Waals surface area contributed by atoms with Crippen LogP contribution in [0.2, 0.25) is 0 Å². The van der Waals surface area contributed by atoms with Crippen LogP contribution in [0.5, 0.6) is 5.75 Å². The third kappa shape index (κ3) is 2.97. The molecular formula is C13H18O4. The number of carbonyl (C=O) groups excluding carboxylic acids is 1. The van der Waals surface area contributed by atoms with E-state index in [0.717, 1.165) is 6.42 Å². The highest BCUT2D eigenvalue weighted by Gasteiger charge is 2.20. The van der Waals surface area contributed by atoms with Gasteiger partial charge in [-0.15, -0.1) is 0 Å². The SMILES string of the molecule is CCC(C)C(O)c1cc(C(=O)OC)ccc1O. The van der Waals surface area contributed by atoms with E-state index in [1.54, 1.807) is 0 Å². The molecule has 0 saturated heterocycles. The number of aliphatic hydroxyl groups is 1. The van der Waals surface area contributed by atoms with Crippen LogP contribution in [0.3, 0.4) is 0 Å². The van der Waals surface area contributed by atoms with Gasteiger partial charge in [0, 0.05) is 5.56 Å². The number of carbonyl (C=O) groups is 1. The number of aliphatic hydroxyl groups excluding tert-OH is 1. The van der Waals surface area contributed by atoms with Crippen molar-refractivity contribution in [1.29, 1.82) is 0 Å². The predicted octanol–water partition coefficient (Wildman–Crippen LogP) is 2.26. The lowest BCUT2D eigenvalue weighted by molar-refractivity contribution is 0.0600. The van der Waals surface area contributed by atoms with Crippen molar-refractivity contribution >= 4 is 5.97 Å². The predicted molar refractivity (Wildman–Crippen MR) is 63.9 cm³/mol. The summed E-state index contributed by atoms with van der Waals surface area (Å²) >= 11 is 0. The van der Waals surface area contributed by atoms with Gasteiger partial charge >= 0.3 is 5.97 Å². The highest BCUT2D eigenvalue weighted by Crippen LogP contribution is 2.31. The molecule has 2 atom stereocenters. The molecule has 0 heterocycles. The summed E-state index contributed by atoms with van der Waals surface area (Å²) in [5.74, 6) is -0.484. The number of esters is 1. The van der Waals surface area contributed by atoms with Crippen LogP contribution in [0, 0.1) is 5.92 Å². The van der Waals surface area contributed by atoms with Gasteiger partial charge in [0.2, 0.25) is 0 Å². The molecule has 0 aliphatic heterocycles. The molecule has 0 aromatic heterocycles. The second-order valence-electron chi connectivity index (χ2n) is 4.10. The molecule has 0 aliphatic rings. The van der Waals surface area contributed by atoms with E-state index in [-0.39, 0.29) is 11.7 Å². The Morgan fingerprint density at radius 3 is 2.65 bits per heavy atom. The molecule has 0 fully saturated rings. The van der Waals surface area contributed by atoms with Crippen LogP contribution >= 0.6 is 0 Å². The summed E-state index contributed by atoms with van der Waals surface area (Å²) in [6, 6.07) is 4.33. The molecule has 0 spiro atoms. The molecule has 0 aliphatic carbocycles. The monoisotopic (exact) mass is 238 g/mol. The maximum atomic E-state index is 11.4. The van der Waals surface area contributed by atoms with E-state index in [9.17, 15) is 15.0 Å². The molecule has 1 aromatic rings. The molecule has 4 heteroatoms. The van der Waals surface area contributed by atoms with Crippen molar-refractivity contribution < 1.29 is 19.7 Å². The summed E-state index contributed by atoms with van der Waals surface area (Å²) in [7, 11) is 1.29. The van der Waals surface area contributed by atoms with Crippen LogP contribution in [0.1, 0.15) is 42.3 Å². The highest BCUT2D eigenvalue weighted by atomic mass is 16.5. The van der Waals surface area contributed by atoms with Gasteiger partial charge in [-0.05, 0) is 24.1 Å². The van der Waals surface area contributed by atoms with Gasteiger partial charge in [0.1, 0.15) is 5.75 Å². The molecule has 0 bridgehead atoms. The summed E-state index contributed by atoms with van der Waals surface area (Å²) < 4.78 is 4.60. The lowest BCUT2D eigenvalue weighted by Crippen LogP contribution is -2.10. The van der Waals surface area contributed by atoms with Gasteiger partial charge in [-0.2, -0.15) is 0 Å². The number of phenols is 1. The van der Waals surface area contributed by atoms with Crippen LogP contribution in [0.4, 0.5) is 0 Å². The smallest absolute Gasteiger partial charge is 0.337 e. The fraction of sp³-hybridized carbons (Fsp3) is 0.462. The van der Waals surface area contributed by atoms with Crippen molar-refractivity contribution in [3.63, 3.8) is 0 Å². The second-order valence-corrected chi connectivity index (χ2v) is 4.10. The molecule has 4 nitrogen and oxygen atoms in total. The molecule has 17 heavy (non-hydrogen) atoms. The Kier molecular flexibility index (Phi) is 4.52. The van der Waals surface area contributed by atoms with E-state index in [1.165, 1.54) is 25.3 Å². The van der Waals surface area contributed by atoms with Crippen molar-refractivity contribution in [3.05, 3.63) is 29.3 Å². The lowest BCUT2D eigenvalue weighted by Gasteiger charge is -2.19. The number of ether oxygens (including phenoxy) is 1. The largest absolute Gasteiger partial charge is 0.508 e. The molecular weight excluding hydrogens is 220 g/mol. The standard InChI is InChI=1S/C13H18O4/c1-4-8(2)12(15)10-7-9(13(16)17-3)5-6-11(10)14/h5-8,12,14-15H,4H2,1-3H3. The Morgan fingerprint density at radius 2 is 2.12 bits per heavy atom. The number of rotatable bonds is 4. The number of hydrogen-bond donors (Lipinski definition) is 2. The van der Waals surface area contributed by atoms with Crippen molar-refractivity contribution in [3.8, 4) is 5.75 Å². The lowest BCUT2D eigenvalue weighted by atomic mass is 9.93. The average Bonchev–Trinajstić information content (AvgIpc) is 2.36. The first kappa shape index (κ1) is 13.5. The summed E-state index contributed by atoms with van der Waals surface area (Å²) in [5.41, 5.74) is 0.685. The van der Waals surface area contributed by atoms with Crippen LogP contribution in [0.25, 0.3) is 0 Å². The molecule has 0 radical (unpaired) electrons. The van der Waals surface area contributed by atoms with Crippen molar-refractivity contribution in [1.82, 2.24) is 0 Å². The van der Waals surface area contributed by atoms with Gasteiger partial charge < -0.3 is 14.9 Å². The Bertz CT molecular complexity index is 400. The zero-order valence-corrected chi connectivity index (χ0v) is 10.3. The number of hydrogen-bond acceptors (Lipinski definition) is 4. The fourth-order valence-electron chi connectivity index (χ4n) is 1.57. The van der Waals surface area contributed by atoms with E-state index in [2.05, 4.69) is 4.74 Å². The first-order valence-corrected chi connectivity index (χ1v) is 5.60. The third-order valence-corrected chi connectivity index (χ3v) is 2.95. The number of methoxy groups -OCH3 is 1. The fourth-order valence-corrected chi connectivity index (χ4v) is 1.57. The number of phenolic OH excluding ortho intramolecular Hbond substituents is 1. The summed E-state index contributed by atoms with van der Waals surface area (Å²) in [6.45, 7) is 3.84. The Morgan fingerprint density at radius 1 is 1.47 bits per heavy atom. The number of benzene rings is 1. The Hall–Kier alpha value is -1.55. The zero-order chi connectivity index (χ0) is 13.0. The number of aromatic hydroxyl groups is 1. The Balaban J connectivity index is 3.10. The van der Waals surface area contributed by atoms with E-state index in [1.807, 2.05) is 13.8 Å². The minimum atomic E-state index is -0.787. The second kappa shape index (κ2) is 5.68. The van der Waals surface area contributed by atoms with Crippen molar-refractivity contribution in [2.75, 3.05) is 7.11 Å². The van der Waals surface area contributed by atoms with Gasteiger partial charge in [-0.25, -0.2) is 4.79 Å². The minimum Gasteiger partial charge on any atom is -0.508 e. The molecule has 94 valence electrons. The molecule has 2 N–H and O–H groups in total. The molecule has 0 saturated carbocycles. The molecule has 1 aromatic carbocycles. The van der Waals surface area contributed by atoms with E-state index in [0.29, 0.717) is 11.1 Å². The van der Waals surface area contributed by atoms with Crippen LogP contribution in [-0.4, -0.2) is 23.3 Å². The van der Waals surface area contributed by atoms with E-state index >= 15 is 0 Å². The first-order chi connectivity index (χ1) is 8.01. The first-order valence-electron chi connectivity index (χ1n) is 5.60. The van der Waals surface area contributed by atoms with Crippen LogP contribution in [0.15, 0.2) is 18.2 Å². The minimum absolute atomic E-state index is 0.00815. The summed E-state index contributed by atoms with van der Waals surface area (Å²) in [4.78, 5) is 11.4. The van der Waals surface area contributed by atoms with Crippen molar-refractivity contribution in [2.24, 2.45) is 5.92 Å². The van der Waals surface area contributed by atoms with E-state index < -0.39 is 12.1 Å². The van der Waals surface area contributed by atoms with Gasteiger partial charge in [0.05, 0.1) is 18.8 Å². The maximum absolute atomic E-state index is 11.4. The molecule has 0 amide bonds. The van der Waals surface area contributed by atoms with E-state index in [4.69, 9.17) is 0 Å².